The number of rotatable bonds is 6. The van der Waals surface area contributed by atoms with Gasteiger partial charge < -0.3 is 9.84 Å². The fourth-order valence-corrected chi connectivity index (χ4v) is 3.44. The highest BCUT2D eigenvalue weighted by molar-refractivity contribution is 7.99. The second-order valence-corrected chi connectivity index (χ2v) is 8.45. The van der Waals surface area contributed by atoms with Gasteiger partial charge in [-0.3, -0.25) is 0 Å². The molecule has 0 spiro atoms. The van der Waals surface area contributed by atoms with Crippen LogP contribution < -0.4 is 5.32 Å². The Morgan fingerprint density at radius 3 is 2.65 bits per heavy atom. The number of likely N-dealkylation sites (N-methyl/N-ethyl adjacent to an activating group) is 1. The largest absolute Gasteiger partial charge is 0.339 e. The fraction of sp³-hybridized carbons (Fsp3) is 0.867. The topological polar surface area (TPSA) is 51.0 Å². The Labute approximate surface area is 126 Å². The van der Waals surface area contributed by atoms with Crippen LogP contribution in [-0.4, -0.2) is 28.0 Å². The minimum atomic E-state index is 0.234. The molecule has 1 fully saturated rings. The van der Waals surface area contributed by atoms with E-state index in [4.69, 9.17) is 4.52 Å². The van der Waals surface area contributed by atoms with E-state index in [9.17, 15) is 0 Å². The van der Waals surface area contributed by atoms with E-state index in [0.717, 1.165) is 29.8 Å². The number of nitrogens with one attached hydrogen (secondary N) is 1. The zero-order chi connectivity index (χ0) is 14.6. The summed E-state index contributed by atoms with van der Waals surface area (Å²) in [7, 11) is 2.04. The van der Waals surface area contributed by atoms with Gasteiger partial charge in [-0.05, 0) is 25.8 Å². The van der Waals surface area contributed by atoms with E-state index in [1.807, 2.05) is 18.8 Å². The third-order valence-corrected chi connectivity index (χ3v) is 5.15. The predicted octanol–water partition coefficient (Wildman–Crippen LogP) is 3.42. The summed E-state index contributed by atoms with van der Waals surface area (Å²) in [4.78, 5) is 4.53. The van der Waals surface area contributed by atoms with Gasteiger partial charge in [0.2, 0.25) is 5.89 Å². The van der Waals surface area contributed by atoms with Gasteiger partial charge in [-0.15, -0.1) is 11.8 Å². The Morgan fingerprint density at radius 2 is 2.05 bits per heavy atom. The van der Waals surface area contributed by atoms with Crippen LogP contribution in [0.15, 0.2) is 4.52 Å². The van der Waals surface area contributed by atoms with Gasteiger partial charge in [-0.1, -0.05) is 38.8 Å². The molecular formula is C15H27N3OS. The molecule has 1 heterocycles. The van der Waals surface area contributed by atoms with Crippen LogP contribution in [0.25, 0.3) is 0 Å². The third kappa shape index (κ3) is 4.77. The molecule has 0 bridgehead atoms. The van der Waals surface area contributed by atoms with E-state index in [0.29, 0.717) is 6.04 Å². The lowest BCUT2D eigenvalue weighted by Crippen LogP contribution is -2.34. The summed E-state index contributed by atoms with van der Waals surface area (Å²) in [5.74, 6) is 3.18. The summed E-state index contributed by atoms with van der Waals surface area (Å²) in [6, 6.07) is 0.473. The van der Waals surface area contributed by atoms with Gasteiger partial charge in [0, 0.05) is 17.2 Å². The lowest BCUT2D eigenvalue weighted by atomic mass is 9.95. The quantitative estimate of drug-likeness (QED) is 0.872. The summed E-state index contributed by atoms with van der Waals surface area (Å²) >= 11 is 1.85. The molecule has 1 aliphatic carbocycles. The number of hydrogen-bond donors (Lipinski definition) is 1. The lowest BCUT2D eigenvalue weighted by molar-refractivity contribution is 0.317. The number of thioether (sulfide) groups is 1. The highest BCUT2D eigenvalue weighted by Gasteiger charge is 2.25. The smallest absolute Gasteiger partial charge is 0.228 e. The standard InChI is InChI=1S/C15H27N3OS/c1-15(2,3)20-10-13-17-14(19-18-13)9-12(16-4)11-7-5-6-8-11/h11-12,16H,5-10H2,1-4H3. The highest BCUT2D eigenvalue weighted by Crippen LogP contribution is 2.29. The maximum Gasteiger partial charge on any atom is 0.228 e. The van der Waals surface area contributed by atoms with Crippen molar-refractivity contribution in [3.05, 3.63) is 11.7 Å². The van der Waals surface area contributed by atoms with Gasteiger partial charge in [0.15, 0.2) is 5.82 Å². The van der Waals surface area contributed by atoms with Gasteiger partial charge in [-0.25, -0.2) is 0 Å². The molecule has 1 unspecified atom stereocenters. The van der Waals surface area contributed by atoms with Crippen molar-refractivity contribution in [3.8, 4) is 0 Å². The Morgan fingerprint density at radius 1 is 1.35 bits per heavy atom. The molecule has 0 amide bonds. The maximum atomic E-state index is 5.41. The summed E-state index contributed by atoms with van der Waals surface area (Å²) in [5, 5.41) is 7.52. The Hall–Kier alpha value is -0.550. The van der Waals surface area contributed by atoms with Gasteiger partial charge in [0.1, 0.15) is 0 Å². The van der Waals surface area contributed by atoms with Gasteiger partial charge in [-0.2, -0.15) is 4.98 Å². The fourth-order valence-electron chi connectivity index (χ4n) is 2.77. The van der Waals surface area contributed by atoms with Crippen LogP contribution in [0.2, 0.25) is 0 Å². The van der Waals surface area contributed by atoms with Crippen molar-refractivity contribution in [2.45, 2.75) is 69.4 Å². The molecule has 1 saturated carbocycles. The molecule has 1 aromatic rings. The van der Waals surface area contributed by atoms with E-state index in [-0.39, 0.29) is 4.75 Å². The summed E-state index contributed by atoms with van der Waals surface area (Å²) < 4.78 is 5.64. The minimum Gasteiger partial charge on any atom is -0.339 e. The molecule has 1 atom stereocenters. The molecule has 0 aliphatic heterocycles. The zero-order valence-corrected chi connectivity index (χ0v) is 13.9. The average molecular weight is 297 g/mol. The van der Waals surface area contributed by atoms with Crippen molar-refractivity contribution in [1.29, 1.82) is 0 Å². The normalized spacial score (nSPS) is 18.6. The van der Waals surface area contributed by atoms with Gasteiger partial charge in [0.05, 0.1) is 5.75 Å². The van der Waals surface area contributed by atoms with Crippen molar-refractivity contribution in [2.24, 2.45) is 5.92 Å². The van der Waals surface area contributed by atoms with E-state index in [2.05, 4.69) is 36.2 Å². The van der Waals surface area contributed by atoms with Crippen molar-refractivity contribution in [3.63, 3.8) is 0 Å². The molecule has 2 rings (SSSR count). The van der Waals surface area contributed by atoms with Crippen LogP contribution >= 0.6 is 11.8 Å². The van der Waals surface area contributed by atoms with E-state index >= 15 is 0 Å². The summed E-state index contributed by atoms with van der Waals surface area (Å²) in [6.45, 7) is 6.61. The zero-order valence-electron chi connectivity index (χ0n) is 13.1. The maximum absolute atomic E-state index is 5.41. The molecule has 0 saturated heterocycles. The first kappa shape index (κ1) is 15.8. The molecule has 0 aromatic carbocycles. The van der Waals surface area contributed by atoms with Crippen LogP contribution in [0, 0.1) is 5.92 Å². The van der Waals surface area contributed by atoms with E-state index in [1.165, 1.54) is 25.7 Å². The van der Waals surface area contributed by atoms with Crippen molar-refractivity contribution < 1.29 is 4.52 Å². The number of nitrogens with zero attached hydrogens (tertiary/aromatic N) is 2. The predicted molar refractivity (Wildman–Crippen MR) is 83.9 cm³/mol. The third-order valence-electron chi connectivity index (χ3n) is 3.88. The van der Waals surface area contributed by atoms with Gasteiger partial charge in [0.25, 0.3) is 0 Å². The first-order valence-corrected chi connectivity index (χ1v) is 8.59. The summed E-state index contributed by atoms with van der Waals surface area (Å²) in [6.07, 6.45) is 6.23. The van der Waals surface area contributed by atoms with E-state index in [1.54, 1.807) is 0 Å². The molecule has 0 radical (unpaired) electrons. The number of hydrogen-bond acceptors (Lipinski definition) is 5. The molecule has 1 aromatic heterocycles. The van der Waals surface area contributed by atoms with Crippen LogP contribution in [-0.2, 0) is 12.2 Å². The van der Waals surface area contributed by atoms with E-state index < -0.39 is 0 Å². The second-order valence-electron chi connectivity index (χ2n) is 6.65. The molecular weight excluding hydrogens is 270 g/mol. The second kappa shape index (κ2) is 6.94. The van der Waals surface area contributed by atoms with Crippen LogP contribution in [0.3, 0.4) is 0 Å². The highest BCUT2D eigenvalue weighted by atomic mass is 32.2. The van der Waals surface area contributed by atoms with Crippen LogP contribution in [0.1, 0.15) is 58.2 Å². The summed E-state index contributed by atoms with van der Waals surface area (Å²) in [5.41, 5.74) is 0. The SMILES string of the molecule is CNC(Cc1nc(CSC(C)(C)C)no1)C1CCCC1. The average Bonchev–Trinajstić information content (AvgIpc) is 3.04. The first-order chi connectivity index (χ1) is 9.48. The number of aromatic nitrogens is 2. The Balaban J connectivity index is 1.87. The monoisotopic (exact) mass is 297 g/mol. The molecule has 4 nitrogen and oxygen atoms in total. The van der Waals surface area contributed by atoms with Crippen LogP contribution in [0.4, 0.5) is 0 Å². The van der Waals surface area contributed by atoms with Crippen molar-refractivity contribution in [2.75, 3.05) is 7.05 Å². The first-order valence-electron chi connectivity index (χ1n) is 7.60. The molecule has 1 N–H and O–H groups in total. The van der Waals surface area contributed by atoms with Crippen LogP contribution in [0.5, 0.6) is 0 Å². The minimum absolute atomic E-state index is 0.234. The molecule has 20 heavy (non-hydrogen) atoms. The molecule has 1 aliphatic rings. The molecule has 5 heteroatoms. The van der Waals surface area contributed by atoms with Crippen molar-refractivity contribution in [1.82, 2.24) is 15.5 Å². The van der Waals surface area contributed by atoms with Crippen molar-refractivity contribution >= 4 is 11.8 Å². The Kier molecular flexibility index (Phi) is 5.49. The van der Waals surface area contributed by atoms with Gasteiger partial charge >= 0.3 is 0 Å². The lowest BCUT2D eigenvalue weighted by Gasteiger charge is -2.20. The Bertz CT molecular complexity index is 407. The molecule has 114 valence electrons.